The molecule has 0 spiro atoms. The number of hydrogen-bond acceptors (Lipinski definition) is 3. The molecule has 0 saturated carbocycles. The topological polar surface area (TPSA) is 38.7 Å². The minimum atomic E-state index is -0.830. The summed E-state index contributed by atoms with van der Waals surface area (Å²) < 4.78 is 23.7. The Balaban J connectivity index is 2.00. The van der Waals surface area contributed by atoms with E-state index >= 15 is 0 Å². The van der Waals surface area contributed by atoms with Crippen molar-refractivity contribution in [3.05, 3.63) is 58.9 Å². The molecule has 0 aliphatic rings. The van der Waals surface area contributed by atoms with Crippen LogP contribution in [0, 0.1) is 5.82 Å². The van der Waals surface area contributed by atoms with Crippen molar-refractivity contribution >= 4 is 11.6 Å². The first-order chi connectivity index (χ1) is 9.60. The molecule has 0 radical (unpaired) electrons. The Labute approximate surface area is 121 Å². The summed E-state index contributed by atoms with van der Waals surface area (Å²) in [5, 5.41) is 10.1. The van der Waals surface area contributed by atoms with Gasteiger partial charge in [-0.15, -0.1) is 0 Å². The van der Waals surface area contributed by atoms with Crippen molar-refractivity contribution in [1.29, 1.82) is 0 Å². The molecule has 0 amide bonds. The van der Waals surface area contributed by atoms with Crippen LogP contribution in [0.15, 0.2) is 42.5 Å². The number of rotatable bonds is 5. The van der Waals surface area contributed by atoms with Crippen LogP contribution in [0.5, 0.6) is 11.5 Å². The van der Waals surface area contributed by atoms with Gasteiger partial charge in [0.05, 0.1) is 12.1 Å². The predicted octanol–water partition coefficient (Wildman–Crippen LogP) is 3.60. The maximum atomic E-state index is 13.2. The monoisotopic (exact) mass is 296 g/mol. The van der Waals surface area contributed by atoms with Crippen LogP contribution in [0.2, 0.25) is 5.02 Å². The van der Waals surface area contributed by atoms with Crippen LogP contribution in [0.3, 0.4) is 0 Å². The average molecular weight is 297 g/mol. The van der Waals surface area contributed by atoms with E-state index in [1.165, 1.54) is 12.1 Å². The molecule has 0 saturated heterocycles. The fourth-order valence-corrected chi connectivity index (χ4v) is 1.80. The molecule has 2 rings (SSSR count). The third-order valence-electron chi connectivity index (χ3n) is 2.78. The van der Waals surface area contributed by atoms with Gasteiger partial charge in [0.1, 0.15) is 30.0 Å². The van der Waals surface area contributed by atoms with Crippen LogP contribution in [0.4, 0.5) is 4.39 Å². The van der Waals surface area contributed by atoms with Gasteiger partial charge >= 0.3 is 0 Å². The molecule has 0 heterocycles. The molecule has 0 bridgehead atoms. The van der Waals surface area contributed by atoms with Gasteiger partial charge in [0.2, 0.25) is 0 Å². The van der Waals surface area contributed by atoms with Gasteiger partial charge in [-0.2, -0.15) is 0 Å². The summed E-state index contributed by atoms with van der Waals surface area (Å²) in [5.41, 5.74) is 0.666. The summed E-state index contributed by atoms with van der Waals surface area (Å²) in [4.78, 5) is 0. The van der Waals surface area contributed by atoms with E-state index < -0.39 is 11.9 Å². The largest absolute Gasteiger partial charge is 0.497 e. The van der Waals surface area contributed by atoms with Gasteiger partial charge in [0.15, 0.2) is 0 Å². The maximum Gasteiger partial charge on any atom is 0.145 e. The van der Waals surface area contributed by atoms with Crippen LogP contribution in [0.25, 0.3) is 0 Å². The van der Waals surface area contributed by atoms with Gasteiger partial charge < -0.3 is 14.6 Å². The number of benzene rings is 2. The van der Waals surface area contributed by atoms with Gasteiger partial charge in [-0.05, 0) is 29.8 Å². The van der Waals surface area contributed by atoms with E-state index in [1.54, 1.807) is 37.4 Å². The zero-order chi connectivity index (χ0) is 14.5. The van der Waals surface area contributed by atoms with Crippen molar-refractivity contribution < 1.29 is 19.0 Å². The predicted molar refractivity (Wildman–Crippen MR) is 74.9 cm³/mol. The van der Waals surface area contributed by atoms with Crippen molar-refractivity contribution in [2.45, 2.75) is 6.10 Å². The van der Waals surface area contributed by atoms with Crippen LogP contribution in [-0.4, -0.2) is 18.8 Å². The molecule has 0 aromatic heterocycles. The van der Waals surface area contributed by atoms with E-state index in [4.69, 9.17) is 21.1 Å². The highest BCUT2D eigenvalue weighted by Gasteiger charge is 2.10. The van der Waals surface area contributed by atoms with Gasteiger partial charge in [0, 0.05) is 6.07 Å². The lowest BCUT2D eigenvalue weighted by Gasteiger charge is -2.13. The molecule has 1 unspecified atom stereocenters. The standard InChI is InChI=1S/C15H14ClFO3/c1-19-11-4-2-3-10(7-11)15(18)9-20-12-5-6-13(16)14(17)8-12/h2-8,15,18H,9H2,1H3. The van der Waals surface area contributed by atoms with E-state index in [2.05, 4.69) is 0 Å². The third kappa shape index (κ3) is 3.62. The van der Waals surface area contributed by atoms with Crippen molar-refractivity contribution in [2.75, 3.05) is 13.7 Å². The van der Waals surface area contributed by atoms with Gasteiger partial charge in [0.25, 0.3) is 0 Å². The molecule has 5 heteroatoms. The molecule has 106 valence electrons. The van der Waals surface area contributed by atoms with Crippen molar-refractivity contribution in [3.8, 4) is 11.5 Å². The van der Waals surface area contributed by atoms with Crippen molar-refractivity contribution in [3.63, 3.8) is 0 Å². The smallest absolute Gasteiger partial charge is 0.145 e. The summed E-state index contributed by atoms with van der Waals surface area (Å²) in [7, 11) is 1.55. The van der Waals surface area contributed by atoms with E-state index in [1.807, 2.05) is 0 Å². The first-order valence-electron chi connectivity index (χ1n) is 6.00. The Bertz CT molecular complexity index is 589. The van der Waals surface area contributed by atoms with E-state index in [9.17, 15) is 9.50 Å². The van der Waals surface area contributed by atoms with E-state index in [0.29, 0.717) is 17.1 Å². The molecule has 1 atom stereocenters. The Morgan fingerprint density at radius 1 is 1.20 bits per heavy atom. The van der Waals surface area contributed by atoms with Crippen molar-refractivity contribution in [1.82, 2.24) is 0 Å². The molecule has 2 aromatic rings. The second kappa shape index (κ2) is 6.59. The molecule has 0 fully saturated rings. The van der Waals surface area contributed by atoms with Crippen LogP contribution < -0.4 is 9.47 Å². The zero-order valence-corrected chi connectivity index (χ0v) is 11.6. The van der Waals surface area contributed by atoms with Gasteiger partial charge in [-0.1, -0.05) is 23.7 Å². The number of aliphatic hydroxyl groups is 1. The van der Waals surface area contributed by atoms with Crippen LogP contribution in [0.1, 0.15) is 11.7 Å². The Hall–Kier alpha value is -1.78. The van der Waals surface area contributed by atoms with E-state index in [0.717, 1.165) is 0 Å². The highest BCUT2D eigenvalue weighted by molar-refractivity contribution is 6.30. The second-order valence-corrected chi connectivity index (χ2v) is 4.59. The third-order valence-corrected chi connectivity index (χ3v) is 3.08. The Morgan fingerprint density at radius 3 is 2.70 bits per heavy atom. The SMILES string of the molecule is COc1cccc(C(O)COc2ccc(Cl)c(F)c2)c1. The molecule has 3 nitrogen and oxygen atoms in total. The lowest BCUT2D eigenvalue weighted by Crippen LogP contribution is -2.09. The lowest BCUT2D eigenvalue weighted by atomic mass is 10.1. The normalized spacial score (nSPS) is 12.0. The first-order valence-corrected chi connectivity index (χ1v) is 6.38. The highest BCUT2D eigenvalue weighted by Crippen LogP contribution is 2.23. The van der Waals surface area contributed by atoms with Crippen molar-refractivity contribution in [2.24, 2.45) is 0 Å². The van der Waals surface area contributed by atoms with Crippen LogP contribution in [-0.2, 0) is 0 Å². The molecule has 0 aliphatic carbocycles. The lowest BCUT2D eigenvalue weighted by molar-refractivity contribution is 0.108. The second-order valence-electron chi connectivity index (χ2n) is 4.18. The fraction of sp³-hybridized carbons (Fsp3) is 0.200. The summed E-state index contributed by atoms with van der Waals surface area (Å²) in [5.74, 6) is 0.410. The summed E-state index contributed by atoms with van der Waals surface area (Å²) in [6, 6.07) is 11.2. The average Bonchev–Trinajstić information content (AvgIpc) is 2.48. The van der Waals surface area contributed by atoms with E-state index in [-0.39, 0.29) is 11.6 Å². The summed E-state index contributed by atoms with van der Waals surface area (Å²) in [6.07, 6.45) is -0.830. The number of hydrogen-bond donors (Lipinski definition) is 1. The van der Waals surface area contributed by atoms with Gasteiger partial charge in [-0.3, -0.25) is 0 Å². The minimum absolute atomic E-state index is 0.00817. The zero-order valence-electron chi connectivity index (χ0n) is 10.8. The summed E-state index contributed by atoms with van der Waals surface area (Å²) >= 11 is 5.58. The quantitative estimate of drug-likeness (QED) is 0.916. The Kier molecular flexibility index (Phi) is 4.82. The molecule has 0 aliphatic heterocycles. The molecule has 20 heavy (non-hydrogen) atoms. The number of aliphatic hydroxyl groups excluding tert-OH is 1. The number of halogens is 2. The first kappa shape index (κ1) is 14.6. The summed E-state index contributed by atoms with van der Waals surface area (Å²) in [6.45, 7) is 0.00817. The van der Waals surface area contributed by atoms with Crippen LogP contribution >= 0.6 is 11.6 Å². The highest BCUT2D eigenvalue weighted by atomic mass is 35.5. The number of methoxy groups -OCH3 is 1. The maximum absolute atomic E-state index is 13.2. The Morgan fingerprint density at radius 2 is 2.00 bits per heavy atom. The molecular formula is C15H14ClFO3. The number of ether oxygens (including phenoxy) is 2. The molecule has 1 N–H and O–H groups in total. The van der Waals surface area contributed by atoms with Gasteiger partial charge in [-0.25, -0.2) is 4.39 Å². The molecule has 2 aromatic carbocycles. The minimum Gasteiger partial charge on any atom is -0.497 e. The fourth-order valence-electron chi connectivity index (χ4n) is 1.69. The molecular weight excluding hydrogens is 283 g/mol.